The van der Waals surface area contributed by atoms with Crippen molar-refractivity contribution in [3.05, 3.63) is 0 Å². The second-order valence-electron chi connectivity index (χ2n) is 13.3. The summed E-state index contributed by atoms with van der Waals surface area (Å²) < 4.78 is 67.1. The topological polar surface area (TPSA) is 111 Å². The first-order valence-corrected chi connectivity index (χ1v) is 23.4. The van der Waals surface area contributed by atoms with E-state index in [1.807, 2.05) is 0 Å². The van der Waals surface area contributed by atoms with Crippen LogP contribution in [0.3, 0.4) is 0 Å². The van der Waals surface area contributed by atoms with E-state index in [-0.39, 0.29) is 0 Å². The van der Waals surface area contributed by atoms with Gasteiger partial charge < -0.3 is 56.8 Å². The molecule has 0 rings (SSSR count). The van der Waals surface area contributed by atoms with Gasteiger partial charge >= 0.3 is 0 Å². The predicted molar refractivity (Wildman–Crippen MR) is 228 cm³/mol. The highest BCUT2D eigenvalue weighted by atomic mass is 127. The summed E-state index contributed by atoms with van der Waals surface area (Å²) in [4.78, 5) is 0. The van der Waals surface area contributed by atoms with Gasteiger partial charge in [-0.25, -0.2) is 0 Å². The van der Waals surface area contributed by atoms with Gasteiger partial charge in [-0.3, -0.25) is 0 Å². The second-order valence-corrected chi connectivity index (χ2v) is 14.4. The molecule has 12 nitrogen and oxygen atoms in total. The van der Waals surface area contributed by atoms with Gasteiger partial charge in [0.1, 0.15) is 0 Å². The monoisotopic (exact) mass is 909 g/mol. The van der Waals surface area contributed by atoms with Crippen molar-refractivity contribution in [2.24, 2.45) is 0 Å². The molecule has 0 aliphatic heterocycles. The fourth-order valence-electron chi connectivity index (χ4n) is 5.33. The number of halogens is 1. The fourth-order valence-corrected chi connectivity index (χ4v) is 5.64. The Morgan fingerprint density at radius 3 is 0.564 bits per heavy atom. The van der Waals surface area contributed by atoms with Crippen LogP contribution in [0.5, 0.6) is 0 Å². The van der Waals surface area contributed by atoms with E-state index in [0.29, 0.717) is 145 Å². The SMILES string of the molecule is CCCCCCCCCCCCCCCCCCOCCOCCOCCOCCOCCOCCOCCOCCOCCOCCOCCOCCI. The molecule has 0 aromatic rings. The number of hydrogen-bond acceptors (Lipinski definition) is 12. The van der Waals surface area contributed by atoms with Gasteiger partial charge in [-0.15, -0.1) is 0 Å². The molecule has 55 heavy (non-hydrogen) atoms. The zero-order valence-corrected chi connectivity index (χ0v) is 37.4. The van der Waals surface area contributed by atoms with E-state index in [9.17, 15) is 0 Å². The maximum atomic E-state index is 5.70. The van der Waals surface area contributed by atoms with Crippen LogP contribution in [-0.4, -0.2) is 163 Å². The highest BCUT2D eigenvalue weighted by molar-refractivity contribution is 14.1. The quantitative estimate of drug-likeness (QED) is 0.0337. The predicted octanol–water partition coefficient (Wildman–Crippen LogP) is 7.88. The lowest BCUT2D eigenvalue weighted by Gasteiger charge is -2.09. The highest BCUT2D eigenvalue weighted by Gasteiger charge is 1.98. The van der Waals surface area contributed by atoms with Gasteiger partial charge in [0.2, 0.25) is 0 Å². The van der Waals surface area contributed by atoms with E-state index in [1.54, 1.807) is 0 Å². The molecule has 0 radical (unpaired) electrons. The highest BCUT2D eigenvalue weighted by Crippen LogP contribution is 2.13. The molecule has 0 saturated heterocycles. The summed E-state index contributed by atoms with van der Waals surface area (Å²) in [5, 5.41) is 0. The fraction of sp³-hybridized carbons (Fsp3) is 1.00. The summed E-state index contributed by atoms with van der Waals surface area (Å²) in [6.45, 7) is 16.1. The molecular formula is C42H85IO12. The standard InChI is InChI=1S/C42H85IO12/c1-2-3-4-5-6-7-8-9-10-11-12-13-14-15-16-17-19-44-21-23-46-25-27-48-29-31-50-33-35-52-37-39-54-41-42-55-40-38-53-36-34-51-32-30-49-28-26-47-24-22-45-20-18-43/h2-42H2,1H3. The van der Waals surface area contributed by atoms with Gasteiger partial charge in [0.05, 0.1) is 152 Å². The first-order valence-electron chi connectivity index (χ1n) is 21.9. The third kappa shape index (κ3) is 54.2. The van der Waals surface area contributed by atoms with Crippen LogP contribution in [-0.2, 0) is 56.8 Å². The molecule has 0 bridgehead atoms. The van der Waals surface area contributed by atoms with Crippen molar-refractivity contribution in [1.29, 1.82) is 0 Å². The third-order valence-corrected chi connectivity index (χ3v) is 8.90. The lowest BCUT2D eigenvalue weighted by Crippen LogP contribution is -2.15. The van der Waals surface area contributed by atoms with Crippen molar-refractivity contribution in [1.82, 2.24) is 0 Å². The summed E-state index contributed by atoms with van der Waals surface area (Å²) in [5.74, 6) is 0. The first kappa shape index (κ1) is 55.2. The minimum Gasteiger partial charge on any atom is -0.379 e. The molecule has 0 fully saturated rings. The maximum absolute atomic E-state index is 5.70. The number of unbranched alkanes of at least 4 members (excludes halogenated alkanes) is 15. The summed E-state index contributed by atoms with van der Waals surface area (Å²) in [6.07, 6.45) is 22.2. The van der Waals surface area contributed by atoms with E-state index in [1.165, 1.54) is 96.3 Å². The smallest absolute Gasteiger partial charge is 0.0701 e. The maximum Gasteiger partial charge on any atom is 0.0701 e. The van der Waals surface area contributed by atoms with Crippen LogP contribution in [0.15, 0.2) is 0 Å². The van der Waals surface area contributed by atoms with Crippen LogP contribution in [0.2, 0.25) is 0 Å². The molecule has 0 aliphatic rings. The van der Waals surface area contributed by atoms with Gasteiger partial charge in [0.25, 0.3) is 0 Å². The molecular weight excluding hydrogens is 823 g/mol. The molecule has 0 aromatic carbocycles. The van der Waals surface area contributed by atoms with Crippen molar-refractivity contribution in [3.8, 4) is 0 Å². The lowest BCUT2D eigenvalue weighted by molar-refractivity contribution is -0.0282. The van der Waals surface area contributed by atoms with Crippen LogP contribution in [0.1, 0.15) is 110 Å². The molecule has 0 N–H and O–H groups in total. The Morgan fingerprint density at radius 2 is 0.364 bits per heavy atom. The molecule has 0 saturated carbocycles. The largest absolute Gasteiger partial charge is 0.379 e. The summed E-state index contributed by atoms with van der Waals surface area (Å²) in [5.41, 5.74) is 0. The molecule has 0 aliphatic carbocycles. The summed E-state index contributed by atoms with van der Waals surface area (Å²) in [6, 6.07) is 0. The molecule has 0 atom stereocenters. The minimum absolute atomic E-state index is 0.522. The van der Waals surface area contributed by atoms with Crippen LogP contribution >= 0.6 is 22.6 Å². The van der Waals surface area contributed by atoms with Crippen molar-refractivity contribution in [2.75, 3.05) is 163 Å². The lowest BCUT2D eigenvalue weighted by atomic mass is 10.0. The zero-order chi connectivity index (χ0) is 39.5. The number of alkyl halides is 1. The van der Waals surface area contributed by atoms with E-state index in [4.69, 9.17) is 56.8 Å². The number of ether oxygens (including phenoxy) is 12. The van der Waals surface area contributed by atoms with Gasteiger partial charge in [-0.2, -0.15) is 0 Å². The molecule has 0 unspecified atom stereocenters. The van der Waals surface area contributed by atoms with Gasteiger partial charge in [0, 0.05) is 11.0 Å². The van der Waals surface area contributed by atoms with Crippen LogP contribution in [0.25, 0.3) is 0 Å². The Morgan fingerprint density at radius 1 is 0.200 bits per heavy atom. The van der Waals surface area contributed by atoms with Crippen LogP contribution in [0.4, 0.5) is 0 Å². The van der Waals surface area contributed by atoms with Crippen molar-refractivity contribution in [2.45, 2.75) is 110 Å². The summed E-state index contributed by atoms with van der Waals surface area (Å²) in [7, 11) is 0. The van der Waals surface area contributed by atoms with E-state index in [0.717, 1.165) is 24.1 Å². The van der Waals surface area contributed by atoms with Gasteiger partial charge in [-0.05, 0) is 6.42 Å². The normalized spacial score (nSPS) is 11.7. The van der Waals surface area contributed by atoms with E-state index in [2.05, 4.69) is 29.5 Å². The van der Waals surface area contributed by atoms with Crippen LogP contribution in [0, 0.1) is 0 Å². The Hall–Kier alpha value is 0.250. The van der Waals surface area contributed by atoms with E-state index < -0.39 is 0 Å². The Bertz CT molecular complexity index is 604. The Labute approximate surface area is 350 Å². The van der Waals surface area contributed by atoms with Crippen LogP contribution < -0.4 is 0 Å². The third-order valence-electron chi connectivity index (χ3n) is 8.46. The van der Waals surface area contributed by atoms with Gasteiger partial charge in [0.15, 0.2) is 0 Å². The van der Waals surface area contributed by atoms with Crippen molar-refractivity contribution in [3.63, 3.8) is 0 Å². The summed E-state index contributed by atoms with van der Waals surface area (Å²) >= 11 is 2.28. The second kappa shape index (κ2) is 54.2. The molecule has 332 valence electrons. The Balaban J connectivity index is 3.05. The number of rotatable bonds is 52. The average molecular weight is 909 g/mol. The first-order chi connectivity index (χ1) is 27.4. The molecule has 0 amide bonds. The van der Waals surface area contributed by atoms with Gasteiger partial charge in [-0.1, -0.05) is 126 Å². The number of hydrogen-bond donors (Lipinski definition) is 0. The molecule has 13 heteroatoms. The molecule has 0 spiro atoms. The minimum atomic E-state index is 0.522. The van der Waals surface area contributed by atoms with Crippen molar-refractivity contribution >= 4 is 22.6 Å². The van der Waals surface area contributed by atoms with Crippen molar-refractivity contribution < 1.29 is 56.8 Å². The molecule has 0 aromatic heterocycles. The molecule has 0 heterocycles. The average Bonchev–Trinajstić information content (AvgIpc) is 3.20. The Kier molecular flexibility index (Phi) is 54.5. The zero-order valence-electron chi connectivity index (χ0n) is 35.3. The van der Waals surface area contributed by atoms with E-state index >= 15 is 0 Å².